The van der Waals surface area contributed by atoms with Gasteiger partial charge in [0.25, 0.3) is 0 Å². The third kappa shape index (κ3) is 2.89. The van der Waals surface area contributed by atoms with Crippen molar-refractivity contribution >= 4 is 11.5 Å². The molecule has 0 atom stereocenters. The first-order valence-corrected chi connectivity index (χ1v) is 6.12. The Morgan fingerprint density at radius 1 is 0.950 bits per heavy atom. The number of hydrogen-bond donors (Lipinski definition) is 2. The molecule has 0 fully saturated rings. The van der Waals surface area contributed by atoms with Crippen molar-refractivity contribution in [3.63, 3.8) is 0 Å². The second-order valence-electron chi connectivity index (χ2n) is 3.98. The first-order valence-electron chi connectivity index (χ1n) is 6.12. The maximum Gasteiger partial charge on any atom is 0.155 e. The Labute approximate surface area is 118 Å². The number of amidine groups is 1. The number of para-hydroxylation sites is 1. The van der Waals surface area contributed by atoms with Crippen LogP contribution in [0.1, 0.15) is 5.56 Å². The van der Waals surface area contributed by atoms with Gasteiger partial charge in [0.1, 0.15) is 17.1 Å². The van der Waals surface area contributed by atoms with E-state index < -0.39 is 0 Å². The maximum absolute atomic E-state index is 5.61. The second kappa shape index (κ2) is 6.58. The summed E-state index contributed by atoms with van der Waals surface area (Å²) in [4.78, 5) is 4.49. The lowest BCUT2D eigenvalue weighted by molar-refractivity contribution is 0.392. The summed E-state index contributed by atoms with van der Waals surface area (Å²) in [7, 11) is 3.18. The summed E-state index contributed by atoms with van der Waals surface area (Å²) in [6.07, 6.45) is 0. The molecule has 2 rings (SSSR count). The fraction of sp³-hybridized carbons (Fsp3) is 0.133. The number of nitrogens with zero attached hydrogens (tertiary/aromatic N) is 1. The molecule has 0 spiro atoms. The van der Waals surface area contributed by atoms with Crippen LogP contribution in [0.4, 0.5) is 5.69 Å². The lowest BCUT2D eigenvalue weighted by Crippen LogP contribution is -2.31. The smallest absolute Gasteiger partial charge is 0.155 e. The van der Waals surface area contributed by atoms with Gasteiger partial charge in [-0.05, 0) is 24.3 Å². The van der Waals surface area contributed by atoms with Crippen LogP contribution in [0, 0.1) is 0 Å². The Kier molecular flexibility index (Phi) is 4.57. The van der Waals surface area contributed by atoms with Crippen LogP contribution in [-0.4, -0.2) is 20.1 Å². The molecule has 0 saturated heterocycles. The van der Waals surface area contributed by atoms with E-state index in [0.29, 0.717) is 22.9 Å². The Bertz CT molecular complexity index is 575. The Balaban J connectivity index is 2.54. The van der Waals surface area contributed by atoms with Gasteiger partial charge in [0, 0.05) is 0 Å². The van der Waals surface area contributed by atoms with Crippen molar-refractivity contribution in [3.8, 4) is 11.5 Å². The van der Waals surface area contributed by atoms with Crippen molar-refractivity contribution in [2.75, 3.05) is 14.2 Å². The third-order valence-electron chi connectivity index (χ3n) is 2.80. The average Bonchev–Trinajstić information content (AvgIpc) is 2.52. The fourth-order valence-corrected chi connectivity index (χ4v) is 1.88. The predicted octanol–water partition coefficient (Wildman–Crippen LogP) is 2.25. The molecule has 0 bridgehead atoms. The maximum atomic E-state index is 5.61. The molecule has 0 aliphatic heterocycles. The van der Waals surface area contributed by atoms with Crippen molar-refractivity contribution in [1.82, 2.24) is 5.43 Å². The van der Waals surface area contributed by atoms with E-state index in [0.717, 1.165) is 5.69 Å². The highest BCUT2D eigenvalue weighted by atomic mass is 16.5. The van der Waals surface area contributed by atoms with Gasteiger partial charge in [0.05, 0.1) is 19.9 Å². The molecule has 2 aromatic carbocycles. The summed E-state index contributed by atoms with van der Waals surface area (Å²) in [5.74, 6) is 7.36. The average molecular weight is 271 g/mol. The summed E-state index contributed by atoms with van der Waals surface area (Å²) in [6.45, 7) is 0. The first-order chi connectivity index (χ1) is 9.80. The zero-order chi connectivity index (χ0) is 14.4. The minimum absolute atomic E-state index is 0.477. The van der Waals surface area contributed by atoms with E-state index in [1.54, 1.807) is 14.2 Å². The number of nitrogens with two attached hydrogens (primary N) is 1. The number of nitrogens with one attached hydrogen (secondary N) is 1. The monoisotopic (exact) mass is 271 g/mol. The third-order valence-corrected chi connectivity index (χ3v) is 2.80. The molecule has 20 heavy (non-hydrogen) atoms. The van der Waals surface area contributed by atoms with Gasteiger partial charge in [-0.15, -0.1) is 0 Å². The summed E-state index contributed by atoms with van der Waals surface area (Å²) in [5, 5.41) is 0. The minimum atomic E-state index is 0.477. The van der Waals surface area contributed by atoms with Gasteiger partial charge < -0.3 is 14.9 Å². The molecule has 0 aromatic heterocycles. The summed E-state index contributed by atoms with van der Waals surface area (Å²) in [5.41, 5.74) is 4.08. The van der Waals surface area contributed by atoms with E-state index >= 15 is 0 Å². The quantitative estimate of drug-likeness (QED) is 0.387. The van der Waals surface area contributed by atoms with E-state index in [1.807, 2.05) is 48.5 Å². The van der Waals surface area contributed by atoms with Gasteiger partial charge in [-0.25, -0.2) is 10.8 Å². The number of aliphatic imine (C=N–C) groups is 1. The van der Waals surface area contributed by atoms with Crippen LogP contribution in [0.2, 0.25) is 0 Å². The molecular formula is C15H17N3O2. The van der Waals surface area contributed by atoms with Crippen LogP contribution >= 0.6 is 0 Å². The molecule has 0 heterocycles. The van der Waals surface area contributed by atoms with Crippen LogP contribution in [0.5, 0.6) is 11.5 Å². The van der Waals surface area contributed by atoms with Crippen LogP contribution in [0.3, 0.4) is 0 Å². The van der Waals surface area contributed by atoms with Gasteiger partial charge in [0.2, 0.25) is 0 Å². The molecule has 3 N–H and O–H groups in total. The molecule has 5 nitrogen and oxygen atoms in total. The zero-order valence-corrected chi connectivity index (χ0v) is 11.5. The number of methoxy groups -OCH3 is 2. The molecule has 0 amide bonds. The van der Waals surface area contributed by atoms with Crippen LogP contribution in [0.25, 0.3) is 0 Å². The van der Waals surface area contributed by atoms with Gasteiger partial charge in [-0.2, -0.15) is 0 Å². The SMILES string of the molecule is COc1cccc(OC)c1C(=Nc1ccccc1)NN. The van der Waals surface area contributed by atoms with Gasteiger partial charge >= 0.3 is 0 Å². The highest BCUT2D eigenvalue weighted by Crippen LogP contribution is 2.29. The predicted molar refractivity (Wildman–Crippen MR) is 79.5 cm³/mol. The zero-order valence-electron chi connectivity index (χ0n) is 11.5. The number of benzene rings is 2. The van der Waals surface area contributed by atoms with E-state index in [9.17, 15) is 0 Å². The van der Waals surface area contributed by atoms with E-state index in [4.69, 9.17) is 15.3 Å². The number of hydrogen-bond acceptors (Lipinski definition) is 4. The van der Waals surface area contributed by atoms with E-state index in [-0.39, 0.29) is 0 Å². The summed E-state index contributed by atoms with van der Waals surface area (Å²) in [6, 6.07) is 15.0. The van der Waals surface area contributed by atoms with Crippen molar-refractivity contribution in [2.24, 2.45) is 10.8 Å². The fourth-order valence-electron chi connectivity index (χ4n) is 1.88. The van der Waals surface area contributed by atoms with E-state index in [2.05, 4.69) is 10.4 Å². The Hall–Kier alpha value is -2.53. The highest BCUT2D eigenvalue weighted by molar-refractivity contribution is 6.04. The number of hydrazine groups is 1. The molecule has 2 aromatic rings. The Morgan fingerprint density at radius 2 is 1.55 bits per heavy atom. The Morgan fingerprint density at radius 3 is 2.05 bits per heavy atom. The molecule has 0 unspecified atom stereocenters. The van der Waals surface area contributed by atoms with E-state index in [1.165, 1.54) is 0 Å². The largest absolute Gasteiger partial charge is 0.496 e. The normalized spacial score (nSPS) is 11.1. The van der Waals surface area contributed by atoms with Gasteiger partial charge in [-0.3, -0.25) is 0 Å². The molecule has 104 valence electrons. The lowest BCUT2D eigenvalue weighted by atomic mass is 10.1. The van der Waals surface area contributed by atoms with Gasteiger partial charge in [0.15, 0.2) is 5.84 Å². The van der Waals surface area contributed by atoms with Crippen molar-refractivity contribution < 1.29 is 9.47 Å². The molecule has 0 saturated carbocycles. The highest BCUT2D eigenvalue weighted by Gasteiger charge is 2.15. The summed E-state index contributed by atoms with van der Waals surface area (Å²) < 4.78 is 10.7. The van der Waals surface area contributed by atoms with Crippen molar-refractivity contribution in [2.45, 2.75) is 0 Å². The molecule has 0 aliphatic rings. The molecule has 0 aliphatic carbocycles. The lowest BCUT2D eigenvalue weighted by Gasteiger charge is -2.14. The topological polar surface area (TPSA) is 68.9 Å². The first kappa shape index (κ1) is 13.9. The minimum Gasteiger partial charge on any atom is -0.496 e. The van der Waals surface area contributed by atoms with Gasteiger partial charge in [-0.1, -0.05) is 24.3 Å². The molecule has 0 radical (unpaired) electrons. The van der Waals surface area contributed by atoms with Crippen molar-refractivity contribution in [3.05, 3.63) is 54.1 Å². The number of ether oxygens (including phenoxy) is 2. The van der Waals surface area contributed by atoms with Crippen molar-refractivity contribution in [1.29, 1.82) is 0 Å². The van der Waals surface area contributed by atoms with Crippen LogP contribution in [0.15, 0.2) is 53.5 Å². The number of rotatable bonds is 4. The van der Waals surface area contributed by atoms with Crippen LogP contribution < -0.4 is 20.7 Å². The molecular weight excluding hydrogens is 254 g/mol. The summed E-state index contributed by atoms with van der Waals surface area (Å²) >= 11 is 0. The van der Waals surface area contributed by atoms with Crippen LogP contribution in [-0.2, 0) is 0 Å². The second-order valence-corrected chi connectivity index (χ2v) is 3.98. The molecule has 5 heteroatoms. The standard InChI is InChI=1S/C15H17N3O2/c1-19-12-9-6-10-13(20-2)14(12)15(18-16)17-11-7-4-3-5-8-11/h3-10H,16H2,1-2H3,(H,17,18).